The highest BCUT2D eigenvalue weighted by Crippen LogP contribution is 2.35. The van der Waals surface area contributed by atoms with Gasteiger partial charge in [-0.1, -0.05) is 0 Å². The summed E-state index contributed by atoms with van der Waals surface area (Å²) in [7, 11) is 3.13. The summed E-state index contributed by atoms with van der Waals surface area (Å²) in [5.41, 5.74) is 0.715. The van der Waals surface area contributed by atoms with E-state index in [9.17, 15) is 9.59 Å². The number of likely N-dealkylation sites (tertiary alicyclic amines) is 1. The first-order valence-electron chi connectivity index (χ1n) is 10.1. The number of benzene rings is 1. The molecule has 1 aromatic rings. The van der Waals surface area contributed by atoms with Crippen molar-refractivity contribution < 1.29 is 28.5 Å². The zero-order valence-electron chi connectivity index (χ0n) is 17.0. The van der Waals surface area contributed by atoms with Crippen molar-refractivity contribution in [1.82, 2.24) is 4.90 Å². The third-order valence-electron chi connectivity index (χ3n) is 5.96. The minimum Gasteiger partial charge on any atom is -0.493 e. The predicted octanol–water partition coefficient (Wildman–Crippen LogP) is 1.67. The molecule has 0 spiro atoms. The van der Waals surface area contributed by atoms with Crippen molar-refractivity contribution in [2.75, 3.05) is 52.0 Å². The van der Waals surface area contributed by atoms with Gasteiger partial charge in [0.1, 0.15) is 0 Å². The Morgan fingerprint density at radius 3 is 2.59 bits per heavy atom. The van der Waals surface area contributed by atoms with Crippen molar-refractivity contribution in [2.24, 2.45) is 11.8 Å². The van der Waals surface area contributed by atoms with Gasteiger partial charge in [0.15, 0.2) is 17.8 Å². The summed E-state index contributed by atoms with van der Waals surface area (Å²) >= 11 is 0. The molecule has 29 heavy (non-hydrogen) atoms. The third-order valence-corrected chi connectivity index (χ3v) is 5.96. The summed E-state index contributed by atoms with van der Waals surface area (Å²) in [6, 6.07) is 5.36. The van der Waals surface area contributed by atoms with E-state index in [0.29, 0.717) is 43.5 Å². The topological polar surface area (TPSA) is 77.5 Å². The minimum absolute atomic E-state index is 0.0454. The maximum absolute atomic E-state index is 13.1. The zero-order chi connectivity index (χ0) is 20.4. The van der Waals surface area contributed by atoms with Crippen molar-refractivity contribution in [3.05, 3.63) is 18.2 Å². The molecule has 158 valence electrons. The highest BCUT2D eigenvalue weighted by atomic mass is 16.7. The number of hydrogen-bond donors (Lipinski definition) is 0. The van der Waals surface area contributed by atoms with Gasteiger partial charge in [-0.25, -0.2) is 0 Å². The molecule has 3 heterocycles. The molecule has 0 aromatic heterocycles. The lowest BCUT2D eigenvalue weighted by Crippen LogP contribution is -2.46. The van der Waals surface area contributed by atoms with Crippen LogP contribution in [0.2, 0.25) is 0 Å². The largest absolute Gasteiger partial charge is 0.493 e. The number of rotatable bonds is 5. The first-order chi connectivity index (χ1) is 14.1. The highest BCUT2D eigenvalue weighted by Gasteiger charge is 2.40. The molecule has 3 aliphatic heterocycles. The van der Waals surface area contributed by atoms with Crippen molar-refractivity contribution >= 4 is 17.5 Å². The van der Waals surface area contributed by atoms with Gasteiger partial charge in [-0.15, -0.1) is 0 Å². The van der Waals surface area contributed by atoms with Gasteiger partial charge < -0.3 is 28.7 Å². The molecular weight excluding hydrogens is 376 g/mol. The van der Waals surface area contributed by atoms with Crippen molar-refractivity contribution in [1.29, 1.82) is 0 Å². The summed E-state index contributed by atoms with van der Waals surface area (Å²) < 4.78 is 21.9. The molecular formula is C21H28N2O6. The fourth-order valence-electron chi connectivity index (χ4n) is 4.45. The molecule has 8 heteroatoms. The van der Waals surface area contributed by atoms with Crippen LogP contribution in [-0.2, 0) is 19.1 Å². The Morgan fingerprint density at radius 1 is 1.10 bits per heavy atom. The van der Waals surface area contributed by atoms with Crippen LogP contribution >= 0.6 is 0 Å². The van der Waals surface area contributed by atoms with E-state index in [1.165, 1.54) is 0 Å². The number of piperidine rings is 1. The molecule has 4 rings (SSSR count). The Bertz CT molecular complexity index is 764. The van der Waals surface area contributed by atoms with Crippen molar-refractivity contribution in [3.63, 3.8) is 0 Å². The summed E-state index contributed by atoms with van der Waals surface area (Å²) in [6.07, 6.45) is 1.94. The molecule has 0 saturated carbocycles. The Labute approximate surface area is 170 Å². The second-order valence-electron chi connectivity index (χ2n) is 7.74. The lowest BCUT2D eigenvalue weighted by molar-refractivity contribution is -0.143. The Morgan fingerprint density at radius 2 is 1.86 bits per heavy atom. The molecule has 2 unspecified atom stereocenters. The van der Waals surface area contributed by atoms with Gasteiger partial charge in [0.05, 0.1) is 33.4 Å². The molecule has 0 aliphatic carbocycles. The second-order valence-corrected chi connectivity index (χ2v) is 7.74. The molecule has 0 radical (unpaired) electrons. The predicted molar refractivity (Wildman–Crippen MR) is 105 cm³/mol. The lowest BCUT2D eigenvalue weighted by Gasteiger charge is -2.36. The van der Waals surface area contributed by atoms with Crippen LogP contribution in [0.1, 0.15) is 19.3 Å². The number of nitrogens with zero attached hydrogens (tertiary/aromatic N) is 2. The lowest BCUT2D eigenvalue weighted by atomic mass is 9.95. The molecule has 2 atom stereocenters. The summed E-state index contributed by atoms with van der Waals surface area (Å²) in [4.78, 5) is 29.3. The zero-order valence-corrected chi connectivity index (χ0v) is 17.0. The number of carbonyl (C=O) groups is 2. The first-order valence-corrected chi connectivity index (χ1v) is 10.1. The van der Waals surface area contributed by atoms with E-state index in [-0.39, 0.29) is 36.4 Å². The van der Waals surface area contributed by atoms with Crippen molar-refractivity contribution in [2.45, 2.75) is 25.6 Å². The molecule has 3 saturated heterocycles. The van der Waals surface area contributed by atoms with Crippen LogP contribution in [0.3, 0.4) is 0 Å². The summed E-state index contributed by atoms with van der Waals surface area (Å²) in [5.74, 6) is 1.03. The SMILES string of the molecule is COc1ccc(N2CC(C(=O)N3CCCC(C4OCCO4)C3)CC2=O)cc1OC. The quantitative estimate of drug-likeness (QED) is 0.743. The second kappa shape index (κ2) is 8.59. The van der Waals surface area contributed by atoms with Gasteiger partial charge in [0.2, 0.25) is 11.8 Å². The van der Waals surface area contributed by atoms with E-state index >= 15 is 0 Å². The van der Waals surface area contributed by atoms with Crippen LogP contribution in [0.25, 0.3) is 0 Å². The van der Waals surface area contributed by atoms with Crippen LogP contribution in [0, 0.1) is 11.8 Å². The molecule has 0 bridgehead atoms. The Kier molecular flexibility index (Phi) is 5.91. The van der Waals surface area contributed by atoms with Crippen LogP contribution < -0.4 is 14.4 Å². The molecule has 8 nitrogen and oxygen atoms in total. The number of anilines is 1. The number of amides is 2. The monoisotopic (exact) mass is 404 g/mol. The fourth-order valence-corrected chi connectivity index (χ4v) is 4.45. The average Bonchev–Trinajstić information content (AvgIpc) is 3.43. The number of hydrogen-bond acceptors (Lipinski definition) is 6. The average molecular weight is 404 g/mol. The van der Waals surface area contributed by atoms with Crippen LogP contribution in [0.15, 0.2) is 18.2 Å². The fraction of sp³-hybridized carbons (Fsp3) is 0.619. The van der Waals surface area contributed by atoms with E-state index in [1.54, 1.807) is 31.3 Å². The van der Waals surface area contributed by atoms with E-state index in [4.69, 9.17) is 18.9 Å². The van der Waals surface area contributed by atoms with E-state index in [2.05, 4.69) is 0 Å². The first kappa shape index (κ1) is 20.0. The van der Waals surface area contributed by atoms with Crippen LogP contribution in [0.4, 0.5) is 5.69 Å². The van der Waals surface area contributed by atoms with Gasteiger partial charge >= 0.3 is 0 Å². The van der Waals surface area contributed by atoms with Crippen molar-refractivity contribution in [3.8, 4) is 11.5 Å². The third kappa shape index (κ3) is 4.04. The van der Waals surface area contributed by atoms with Crippen LogP contribution in [-0.4, -0.2) is 70.1 Å². The molecule has 3 aliphatic rings. The highest BCUT2D eigenvalue weighted by molar-refractivity contribution is 6.00. The molecule has 1 aromatic carbocycles. The summed E-state index contributed by atoms with van der Waals surface area (Å²) in [6.45, 7) is 2.97. The van der Waals surface area contributed by atoms with Gasteiger partial charge in [-0.05, 0) is 25.0 Å². The van der Waals surface area contributed by atoms with E-state index in [1.807, 2.05) is 11.0 Å². The number of carbonyl (C=O) groups excluding carboxylic acids is 2. The standard InChI is InChI=1S/C21H28N2O6/c1-26-17-6-5-16(11-18(17)27-2)23-13-15(10-19(23)24)20(25)22-7-3-4-14(12-22)21-28-8-9-29-21/h5-6,11,14-15,21H,3-4,7-10,12-13H2,1-2H3. The number of ether oxygens (including phenoxy) is 4. The van der Waals surface area contributed by atoms with Gasteiger partial charge in [0.25, 0.3) is 0 Å². The van der Waals surface area contributed by atoms with Gasteiger partial charge in [0, 0.05) is 43.7 Å². The molecule has 0 N–H and O–H groups in total. The summed E-state index contributed by atoms with van der Waals surface area (Å²) in [5, 5.41) is 0. The normalized spacial score (nSPS) is 25.5. The van der Waals surface area contributed by atoms with E-state index < -0.39 is 0 Å². The molecule has 3 fully saturated rings. The Hall–Kier alpha value is -2.32. The minimum atomic E-state index is -0.334. The maximum Gasteiger partial charge on any atom is 0.228 e. The number of methoxy groups -OCH3 is 2. The smallest absolute Gasteiger partial charge is 0.228 e. The molecule has 2 amide bonds. The van der Waals surface area contributed by atoms with E-state index in [0.717, 1.165) is 19.4 Å². The maximum atomic E-state index is 13.1. The van der Waals surface area contributed by atoms with Gasteiger partial charge in [-0.2, -0.15) is 0 Å². The van der Waals surface area contributed by atoms with Gasteiger partial charge in [-0.3, -0.25) is 9.59 Å². The van der Waals surface area contributed by atoms with Crippen LogP contribution in [0.5, 0.6) is 11.5 Å². The Balaban J connectivity index is 1.42.